The molecule has 0 aliphatic carbocycles. The molecule has 0 saturated carbocycles. The first kappa shape index (κ1) is 31.9. The van der Waals surface area contributed by atoms with E-state index in [9.17, 15) is 19.5 Å². The second-order valence-corrected chi connectivity index (χ2v) is 11.7. The van der Waals surface area contributed by atoms with Crippen molar-refractivity contribution in [3.63, 3.8) is 0 Å². The first-order chi connectivity index (χ1) is 20.4. The van der Waals surface area contributed by atoms with Gasteiger partial charge in [0.2, 0.25) is 17.7 Å². The molecule has 0 spiro atoms. The van der Waals surface area contributed by atoms with Crippen LogP contribution in [0.4, 0.5) is 10.5 Å². The number of imide groups is 1. The van der Waals surface area contributed by atoms with E-state index >= 15 is 0 Å². The quantitative estimate of drug-likeness (QED) is 0.285. The highest BCUT2D eigenvalue weighted by Gasteiger charge is 2.39. The summed E-state index contributed by atoms with van der Waals surface area (Å²) in [6.07, 6.45) is 0.613. The fourth-order valence-corrected chi connectivity index (χ4v) is 5.39. The molecule has 1 saturated heterocycles. The number of hydrogen-bond donors (Lipinski definition) is 3. The van der Waals surface area contributed by atoms with Gasteiger partial charge in [0.05, 0.1) is 17.8 Å². The third-order valence-corrected chi connectivity index (χ3v) is 8.21. The topological polar surface area (TPSA) is 124 Å². The zero-order valence-corrected chi connectivity index (χ0v) is 26.1. The molecule has 3 aromatic rings. The van der Waals surface area contributed by atoms with Gasteiger partial charge in [-0.25, -0.2) is 9.78 Å². The van der Waals surface area contributed by atoms with Crippen LogP contribution in [-0.4, -0.2) is 77.6 Å². The van der Waals surface area contributed by atoms with E-state index in [0.717, 1.165) is 32.7 Å². The molecule has 4 amide bonds. The minimum atomic E-state index is -1.01. The van der Waals surface area contributed by atoms with Gasteiger partial charge in [-0.15, -0.1) is 0 Å². The molecule has 228 valence electrons. The third-order valence-electron chi connectivity index (χ3n) is 7.80. The average molecular weight is 608 g/mol. The van der Waals surface area contributed by atoms with Crippen molar-refractivity contribution >= 4 is 35.1 Å². The summed E-state index contributed by atoms with van der Waals surface area (Å²) in [4.78, 5) is 44.9. The Bertz CT molecular complexity index is 1540. The monoisotopic (exact) mass is 607 g/mol. The maximum Gasteiger partial charge on any atom is 0.326 e. The van der Waals surface area contributed by atoms with Gasteiger partial charge in [0, 0.05) is 61.7 Å². The molecule has 43 heavy (non-hydrogen) atoms. The SMILES string of the molecule is COc1nc(-c2cccc(-c3cccc(NC(=O)C4CN(C)C(=O)N(C)C4=O)c3C)c2Cl)ccc1CNC(C)(C)CCO. The van der Waals surface area contributed by atoms with E-state index in [-0.39, 0.29) is 18.7 Å². The number of urea groups is 1. The maximum absolute atomic E-state index is 13.1. The summed E-state index contributed by atoms with van der Waals surface area (Å²) < 4.78 is 5.60. The highest BCUT2D eigenvalue weighted by molar-refractivity contribution is 6.36. The van der Waals surface area contributed by atoms with Crippen molar-refractivity contribution in [3.05, 3.63) is 64.7 Å². The first-order valence-electron chi connectivity index (χ1n) is 14.0. The summed E-state index contributed by atoms with van der Waals surface area (Å²) in [5.41, 5.74) is 4.86. The van der Waals surface area contributed by atoms with Crippen molar-refractivity contribution in [1.82, 2.24) is 20.1 Å². The van der Waals surface area contributed by atoms with Crippen LogP contribution >= 0.6 is 11.6 Å². The summed E-state index contributed by atoms with van der Waals surface area (Å²) >= 11 is 6.99. The molecule has 11 heteroatoms. The van der Waals surface area contributed by atoms with Gasteiger partial charge in [0.15, 0.2) is 0 Å². The molecule has 2 heterocycles. The number of pyridine rings is 1. The fourth-order valence-electron chi connectivity index (χ4n) is 5.06. The van der Waals surface area contributed by atoms with Crippen LogP contribution in [0.5, 0.6) is 5.88 Å². The number of benzene rings is 2. The number of aromatic nitrogens is 1. The van der Waals surface area contributed by atoms with Gasteiger partial charge in [0.1, 0.15) is 5.92 Å². The van der Waals surface area contributed by atoms with Crippen LogP contribution in [0.3, 0.4) is 0 Å². The summed E-state index contributed by atoms with van der Waals surface area (Å²) in [7, 11) is 4.50. The zero-order valence-electron chi connectivity index (χ0n) is 25.3. The molecule has 1 aliphatic heterocycles. The van der Waals surface area contributed by atoms with E-state index in [1.807, 2.05) is 63.2 Å². The lowest BCUT2D eigenvalue weighted by Crippen LogP contribution is -2.56. The van der Waals surface area contributed by atoms with E-state index < -0.39 is 23.8 Å². The average Bonchev–Trinajstić information content (AvgIpc) is 2.98. The number of rotatable bonds is 10. The number of carbonyl (C=O) groups excluding carboxylic acids is 3. The molecule has 10 nitrogen and oxygen atoms in total. The molecule has 1 unspecified atom stereocenters. The molecule has 2 aromatic carbocycles. The number of anilines is 1. The Labute approximate surface area is 257 Å². The minimum Gasteiger partial charge on any atom is -0.481 e. The largest absolute Gasteiger partial charge is 0.481 e. The van der Waals surface area contributed by atoms with Crippen LogP contribution in [-0.2, 0) is 16.1 Å². The van der Waals surface area contributed by atoms with Crippen LogP contribution in [0.25, 0.3) is 22.4 Å². The Balaban J connectivity index is 1.61. The predicted molar refractivity (Wildman–Crippen MR) is 167 cm³/mol. The van der Waals surface area contributed by atoms with Crippen LogP contribution in [0.15, 0.2) is 48.5 Å². The molecular formula is C32H38ClN5O5. The van der Waals surface area contributed by atoms with Gasteiger partial charge in [-0.1, -0.05) is 48.0 Å². The van der Waals surface area contributed by atoms with Gasteiger partial charge in [-0.3, -0.25) is 14.5 Å². The van der Waals surface area contributed by atoms with Gasteiger partial charge in [-0.05, 0) is 50.5 Å². The number of methoxy groups -OCH3 is 1. The first-order valence-corrected chi connectivity index (χ1v) is 14.4. The highest BCUT2D eigenvalue weighted by atomic mass is 35.5. The number of nitrogens with one attached hydrogen (secondary N) is 2. The molecule has 1 aromatic heterocycles. The van der Waals surface area contributed by atoms with E-state index in [2.05, 4.69) is 10.6 Å². The van der Waals surface area contributed by atoms with Crippen LogP contribution in [0, 0.1) is 12.8 Å². The minimum absolute atomic E-state index is 0.00614. The molecule has 4 rings (SSSR count). The van der Waals surface area contributed by atoms with Crippen LogP contribution in [0.1, 0.15) is 31.4 Å². The Morgan fingerprint density at radius 1 is 1.09 bits per heavy atom. The number of hydrogen-bond acceptors (Lipinski definition) is 7. The molecular weight excluding hydrogens is 570 g/mol. The number of halogens is 1. The summed E-state index contributed by atoms with van der Waals surface area (Å²) in [5.74, 6) is -1.56. The number of ether oxygens (including phenoxy) is 1. The predicted octanol–water partition coefficient (Wildman–Crippen LogP) is 4.72. The molecule has 0 bridgehead atoms. The summed E-state index contributed by atoms with van der Waals surface area (Å²) in [6, 6.07) is 14.6. The number of carbonyl (C=O) groups is 3. The maximum atomic E-state index is 13.1. The van der Waals surface area contributed by atoms with E-state index in [0.29, 0.717) is 35.2 Å². The summed E-state index contributed by atoms with van der Waals surface area (Å²) in [6.45, 7) is 6.55. The molecule has 3 N–H and O–H groups in total. The van der Waals surface area contributed by atoms with E-state index in [4.69, 9.17) is 21.3 Å². The fraction of sp³-hybridized carbons (Fsp3) is 0.375. The highest BCUT2D eigenvalue weighted by Crippen LogP contribution is 2.39. The number of aliphatic hydroxyl groups is 1. The van der Waals surface area contributed by atoms with Crippen molar-refractivity contribution in [1.29, 1.82) is 0 Å². The van der Waals surface area contributed by atoms with Gasteiger partial charge >= 0.3 is 6.03 Å². The van der Waals surface area contributed by atoms with E-state index in [1.54, 1.807) is 20.2 Å². The van der Waals surface area contributed by atoms with Crippen LogP contribution in [0.2, 0.25) is 5.02 Å². The lowest BCUT2D eigenvalue weighted by molar-refractivity contribution is -0.140. The van der Waals surface area contributed by atoms with Crippen molar-refractivity contribution in [3.8, 4) is 28.3 Å². The van der Waals surface area contributed by atoms with Crippen molar-refractivity contribution < 1.29 is 24.2 Å². The van der Waals surface area contributed by atoms with Gasteiger partial charge in [-0.2, -0.15) is 0 Å². The Hall–Kier alpha value is -3.99. The number of amides is 4. The standard InChI is InChI=1S/C32H38ClN5O5/c1-19-21(9-8-12-25(19)35-28(40)24-18-37(4)31(42)38(5)30(24)41)22-10-7-11-23(27(22)33)26-14-13-20(29(36-26)43-6)17-34-32(2,3)15-16-39/h7-14,24,34,39H,15-18H2,1-6H3,(H,35,40). The Morgan fingerprint density at radius 3 is 2.47 bits per heavy atom. The molecule has 0 radical (unpaired) electrons. The van der Waals surface area contributed by atoms with Crippen LogP contribution < -0.4 is 15.4 Å². The normalized spacial score (nSPS) is 15.6. The van der Waals surface area contributed by atoms with Crippen molar-refractivity contribution in [2.24, 2.45) is 5.92 Å². The van der Waals surface area contributed by atoms with Gasteiger partial charge in [0.25, 0.3) is 0 Å². The van der Waals surface area contributed by atoms with Crippen molar-refractivity contribution in [2.75, 3.05) is 39.7 Å². The molecule has 1 fully saturated rings. The lowest BCUT2D eigenvalue weighted by atomic mass is 9.96. The zero-order chi connectivity index (χ0) is 31.5. The second-order valence-electron chi connectivity index (χ2n) is 11.3. The molecule has 1 aliphatic rings. The Morgan fingerprint density at radius 2 is 1.77 bits per heavy atom. The smallest absolute Gasteiger partial charge is 0.326 e. The number of nitrogens with zero attached hydrogens (tertiary/aromatic N) is 3. The Kier molecular flexibility index (Phi) is 9.74. The molecule has 1 atom stereocenters. The third kappa shape index (κ3) is 6.82. The van der Waals surface area contributed by atoms with Crippen molar-refractivity contribution in [2.45, 2.75) is 39.3 Å². The summed E-state index contributed by atoms with van der Waals surface area (Å²) in [5, 5.41) is 16.1. The number of aliphatic hydroxyl groups excluding tert-OH is 1. The van der Waals surface area contributed by atoms with Gasteiger partial charge < -0.3 is 25.4 Å². The second kappa shape index (κ2) is 13.1. The van der Waals surface area contributed by atoms with E-state index in [1.165, 1.54) is 11.9 Å². The lowest BCUT2D eigenvalue weighted by Gasteiger charge is -2.33.